The van der Waals surface area contributed by atoms with Gasteiger partial charge in [-0.3, -0.25) is 4.98 Å². The predicted octanol–water partition coefficient (Wildman–Crippen LogP) is 1.79. The number of hydrogen-bond donors (Lipinski definition) is 1. The summed E-state index contributed by atoms with van der Waals surface area (Å²) < 4.78 is 24.7. The SMILES string of the molecule is NCc1ncccc1CS(=O)(=O)C1CCCCC1. The van der Waals surface area contributed by atoms with Crippen molar-refractivity contribution in [2.24, 2.45) is 5.73 Å². The van der Waals surface area contributed by atoms with Crippen LogP contribution < -0.4 is 5.73 Å². The molecule has 0 atom stereocenters. The summed E-state index contributed by atoms with van der Waals surface area (Å²) in [5.74, 6) is 0.0814. The summed E-state index contributed by atoms with van der Waals surface area (Å²) in [6, 6.07) is 3.58. The van der Waals surface area contributed by atoms with E-state index >= 15 is 0 Å². The largest absolute Gasteiger partial charge is 0.325 e. The van der Waals surface area contributed by atoms with Gasteiger partial charge in [0.15, 0.2) is 9.84 Å². The van der Waals surface area contributed by atoms with Gasteiger partial charge in [-0.2, -0.15) is 0 Å². The zero-order valence-corrected chi connectivity index (χ0v) is 11.3. The van der Waals surface area contributed by atoms with E-state index in [0.29, 0.717) is 5.69 Å². The van der Waals surface area contributed by atoms with Crippen LogP contribution in [-0.2, 0) is 22.1 Å². The summed E-state index contributed by atoms with van der Waals surface area (Å²) in [5.41, 5.74) is 7.04. The number of hydrogen-bond acceptors (Lipinski definition) is 4. The van der Waals surface area contributed by atoms with Crippen molar-refractivity contribution in [3.63, 3.8) is 0 Å². The zero-order valence-electron chi connectivity index (χ0n) is 10.5. The number of sulfone groups is 1. The van der Waals surface area contributed by atoms with E-state index < -0.39 is 9.84 Å². The fourth-order valence-electron chi connectivity index (χ4n) is 2.55. The van der Waals surface area contributed by atoms with Crippen LogP contribution in [0, 0.1) is 0 Å². The van der Waals surface area contributed by atoms with E-state index in [9.17, 15) is 8.42 Å². The molecule has 0 aliphatic heterocycles. The van der Waals surface area contributed by atoms with Crippen LogP contribution >= 0.6 is 0 Å². The maximum absolute atomic E-state index is 12.4. The molecule has 0 unspecified atom stereocenters. The van der Waals surface area contributed by atoms with Crippen molar-refractivity contribution in [2.45, 2.75) is 49.7 Å². The first kappa shape index (κ1) is 13.5. The Morgan fingerprint density at radius 1 is 1.28 bits per heavy atom. The van der Waals surface area contributed by atoms with Crippen LogP contribution in [0.25, 0.3) is 0 Å². The van der Waals surface area contributed by atoms with Gasteiger partial charge in [-0.1, -0.05) is 25.3 Å². The summed E-state index contributed by atoms with van der Waals surface area (Å²) >= 11 is 0. The monoisotopic (exact) mass is 268 g/mol. The van der Waals surface area contributed by atoms with Gasteiger partial charge in [0.05, 0.1) is 16.7 Å². The molecule has 1 fully saturated rings. The van der Waals surface area contributed by atoms with Crippen molar-refractivity contribution >= 4 is 9.84 Å². The number of aromatic nitrogens is 1. The van der Waals surface area contributed by atoms with Crippen molar-refractivity contribution in [3.8, 4) is 0 Å². The third-order valence-electron chi connectivity index (χ3n) is 3.59. The Labute approximate surface area is 109 Å². The molecule has 1 aromatic heterocycles. The van der Waals surface area contributed by atoms with Crippen LogP contribution in [0.4, 0.5) is 0 Å². The highest BCUT2D eigenvalue weighted by Gasteiger charge is 2.27. The summed E-state index contributed by atoms with van der Waals surface area (Å²) in [6.07, 6.45) is 6.48. The predicted molar refractivity (Wildman–Crippen MR) is 71.6 cm³/mol. The Morgan fingerprint density at radius 3 is 2.67 bits per heavy atom. The molecule has 4 nitrogen and oxygen atoms in total. The Morgan fingerprint density at radius 2 is 2.00 bits per heavy atom. The van der Waals surface area contributed by atoms with Crippen molar-refractivity contribution < 1.29 is 8.42 Å². The number of nitrogens with two attached hydrogens (primary N) is 1. The average Bonchev–Trinajstić information content (AvgIpc) is 2.40. The molecule has 0 amide bonds. The number of pyridine rings is 1. The molecular weight excluding hydrogens is 248 g/mol. The lowest BCUT2D eigenvalue weighted by Crippen LogP contribution is -2.26. The molecule has 18 heavy (non-hydrogen) atoms. The minimum Gasteiger partial charge on any atom is -0.325 e. The molecule has 5 heteroatoms. The Balaban J connectivity index is 2.16. The maximum atomic E-state index is 12.4. The van der Waals surface area contributed by atoms with Crippen molar-refractivity contribution in [1.29, 1.82) is 0 Å². The summed E-state index contributed by atoms with van der Waals surface area (Å²) in [5, 5.41) is -0.169. The minimum absolute atomic E-state index is 0.0814. The van der Waals surface area contributed by atoms with Crippen LogP contribution in [0.1, 0.15) is 43.4 Å². The lowest BCUT2D eigenvalue weighted by Gasteiger charge is -2.22. The van der Waals surface area contributed by atoms with Crippen LogP contribution in [-0.4, -0.2) is 18.7 Å². The highest BCUT2D eigenvalue weighted by Crippen LogP contribution is 2.26. The molecule has 0 bridgehead atoms. The van der Waals surface area contributed by atoms with Gasteiger partial charge >= 0.3 is 0 Å². The first-order valence-corrected chi connectivity index (χ1v) is 8.19. The molecule has 0 radical (unpaired) electrons. The third kappa shape index (κ3) is 3.09. The molecular formula is C13H20N2O2S. The van der Waals surface area contributed by atoms with E-state index in [1.165, 1.54) is 0 Å². The van der Waals surface area contributed by atoms with Crippen molar-refractivity contribution in [1.82, 2.24) is 4.98 Å². The smallest absolute Gasteiger partial charge is 0.157 e. The van der Waals surface area contributed by atoms with Gasteiger partial charge in [0.25, 0.3) is 0 Å². The third-order valence-corrected chi connectivity index (χ3v) is 5.80. The summed E-state index contributed by atoms with van der Waals surface area (Å²) in [6.45, 7) is 0.288. The quantitative estimate of drug-likeness (QED) is 0.903. The van der Waals surface area contributed by atoms with E-state index in [4.69, 9.17) is 5.73 Å². The van der Waals surface area contributed by atoms with Crippen molar-refractivity contribution in [3.05, 3.63) is 29.6 Å². The van der Waals surface area contributed by atoms with E-state index in [0.717, 1.165) is 37.7 Å². The van der Waals surface area contributed by atoms with Crippen LogP contribution in [0.15, 0.2) is 18.3 Å². The second-order valence-electron chi connectivity index (χ2n) is 4.88. The fraction of sp³-hybridized carbons (Fsp3) is 0.615. The molecule has 1 aromatic rings. The van der Waals surface area contributed by atoms with Crippen molar-refractivity contribution in [2.75, 3.05) is 0 Å². The van der Waals surface area contributed by atoms with Gasteiger partial charge in [0.2, 0.25) is 0 Å². The minimum atomic E-state index is -3.06. The molecule has 1 aliphatic rings. The first-order valence-electron chi connectivity index (χ1n) is 6.48. The second-order valence-corrected chi connectivity index (χ2v) is 7.16. The first-order chi connectivity index (χ1) is 8.63. The summed E-state index contributed by atoms with van der Waals surface area (Å²) in [4.78, 5) is 4.14. The number of nitrogens with zero attached hydrogens (tertiary/aromatic N) is 1. The molecule has 0 spiro atoms. The van der Waals surface area contributed by atoms with Gasteiger partial charge in [-0.05, 0) is 24.5 Å². The lowest BCUT2D eigenvalue weighted by atomic mass is 10.0. The topological polar surface area (TPSA) is 73.0 Å². The Bertz CT molecular complexity index is 493. The van der Waals surface area contributed by atoms with Gasteiger partial charge in [-0.15, -0.1) is 0 Å². The molecule has 1 heterocycles. The van der Waals surface area contributed by atoms with E-state index in [2.05, 4.69) is 4.98 Å². The molecule has 1 saturated carbocycles. The number of rotatable bonds is 4. The van der Waals surface area contributed by atoms with Crippen LogP contribution in [0.5, 0.6) is 0 Å². The zero-order chi connectivity index (χ0) is 13.0. The van der Waals surface area contributed by atoms with Gasteiger partial charge in [-0.25, -0.2) is 8.42 Å². The summed E-state index contributed by atoms with van der Waals surface area (Å²) in [7, 11) is -3.06. The van der Waals surface area contributed by atoms with Gasteiger partial charge in [0.1, 0.15) is 0 Å². The second kappa shape index (κ2) is 5.80. The highest BCUT2D eigenvalue weighted by atomic mass is 32.2. The normalized spacial score (nSPS) is 17.8. The van der Waals surface area contributed by atoms with Crippen LogP contribution in [0.3, 0.4) is 0 Å². The molecule has 0 aromatic carbocycles. The molecule has 1 aliphatic carbocycles. The van der Waals surface area contributed by atoms with Gasteiger partial charge < -0.3 is 5.73 Å². The average molecular weight is 268 g/mol. The standard InChI is InChI=1S/C13H20N2O2S/c14-9-13-11(5-4-8-15-13)10-18(16,17)12-6-2-1-3-7-12/h4-5,8,12H,1-3,6-7,9-10,14H2. The Hall–Kier alpha value is -0.940. The molecule has 2 rings (SSSR count). The molecule has 2 N–H and O–H groups in total. The van der Waals surface area contributed by atoms with E-state index in [1.54, 1.807) is 12.3 Å². The van der Waals surface area contributed by atoms with Gasteiger partial charge in [0, 0.05) is 12.7 Å². The highest BCUT2D eigenvalue weighted by molar-refractivity contribution is 7.91. The maximum Gasteiger partial charge on any atom is 0.157 e. The molecule has 0 saturated heterocycles. The molecule has 100 valence electrons. The van der Waals surface area contributed by atoms with E-state index in [1.807, 2.05) is 6.07 Å². The Kier molecular flexibility index (Phi) is 4.35. The van der Waals surface area contributed by atoms with Crippen LogP contribution in [0.2, 0.25) is 0 Å². The fourth-order valence-corrected chi connectivity index (χ4v) is 4.53. The lowest BCUT2D eigenvalue weighted by molar-refractivity contribution is 0.483. The van der Waals surface area contributed by atoms with E-state index in [-0.39, 0.29) is 17.5 Å².